The summed E-state index contributed by atoms with van der Waals surface area (Å²) in [5, 5.41) is 4.95. The minimum atomic E-state index is -3.19. The van der Waals surface area contributed by atoms with Gasteiger partial charge in [-0.1, -0.05) is 18.2 Å². The first-order chi connectivity index (χ1) is 10.9. The molecular formula is C16H19NO3S3. The molecule has 4 nitrogen and oxygen atoms in total. The Bertz CT molecular complexity index is 737. The zero-order valence-corrected chi connectivity index (χ0v) is 15.4. The third-order valence-electron chi connectivity index (χ3n) is 3.24. The lowest BCUT2D eigenvalue weighted by molar-refractivity contribution is -0.119. The number of benzene rings is 1. The van der Waals surface area contributed by atoms with E-state index >= 15 is 0 Å². The summed E-state index contributed by atoms with van der Waals surface area (Å²) in [5.74, 6) is 1.22. The van der Waals surface area contributed by atoms with E-state index in [-0.39, 0.29) is 16.8 Å². The van der Waals surface area contributed by atoms with E-state index in [4.69, 9.17) is 0 Å². The lowest BCUT2D eigenvalue weighted by Gasteiger charge is -2.14. The Balaban J connectivity index is 1.83. The van der Waals surface area contributed by atoms with Crippen LogP contribution in [0.25, 0.3) is 0 Å². The lowest BCUT2D eigenvalue weighted by Crippen LogP contribution is -2.28. The lowest BCUT2D eigenvalue weighted by atomic mass is 10.1. The smallest absolute Gasteiger partial charge is 0.230 e. The Hall–Kier alpha value is -1.31. The molecule has 1 atom stereocenters. The van der Waals surface area contributed by atoms with Crippen LogP contribution in [0, 0.1) is 0 Å². The molecule has 0 unspecified atom stereocenters. The second kappa shape index (κ2) is 7.99. The number of hydrogen-bond donors (Lipinski definition) is 1. The first kappa shape index (κ1) is 18.0. The summed E-state index contributed by atoms with van der Waals surface area (Å²) in [7, 11) is -3.19. The predicted molar refractivity (Wildman–Crippen MR) is 96.6 cm³/mol. The largest absolute Gasteiger partial charge is 0.349 e. The van der Waals surface area contributed by atoms with Crippen molar-refractivity contribution in [3.05, 3.63) is 52.2 Å². The fourth-order valence-electron chi connectivity index (χ4n) is 2.01. The van der Waals surface area contributed by atoms with E-state index in [0.29, 0.717) is 5.75 Å². The molecule has 0 radical (unpaired) electrons. The van der Waals surface area contributed by atoms with Gasteiger partial charge in [-0.05, 0) is 36.1 Å². The van der Waals surface area contributed by atoms with Crippen molar-refractivity contribution in [3.8, 4) is 0 Å². The Morgan fingerprint density at radius 2 is 1.96 bits per heavy atom. The van der Waals surface area contributed by atoms with Gasteiger partial charge in [0.15, 0.2) is 9.84 Å². The molecule has 1 aromatic heterocycles. The van der Waals surface area contributed by atoms with Crippen molar-refractivity contribution < 1.29 is 13.2 Å². The predicted octanol–water partition coefficient (Wildman–Crippen LogP) is 3.26. The van der Waals surface area contributed by atoms with Crippen LogP contribution in [0.1, 0.15) is 23.4 Å². The van der Waals surface area contributed by atoms with Gasteiger partial charge in [0.1, 0.15) is 0 Å². The van der Waals surface area contributed by atoms with Crippen molar-refractivity contribution in [2.45, 2.75) is 23.6 Å². The van der Waals surface area contributed by atoms with Crippen LogP contribution in [0.5, 0.6) is 0 Å². The van der Waals surface area contributed by atoms with E-state index in [9.17, 15) is 13.2 Å². The van der Waals surface area contributed by atoms with E-state index in [2.05, 4.69) is 11.4 Å². The molecule has 23 heavy (non-hydrogen) atoms. The number of carbonyl (C=O) groups is 1. The topological polar surface area (TPSA) is 63.2 Å². The molecule has 7 heteroatoms. The standard InChI is InChI=1S/C16H19NO3S3/c1-12(13-5-7-15(8-6-13)23(2,19)20)17-16(18)11-21-10-14-4-3-9-22-14/h3-9,12H,10-11H2,1-2H3,(H,17,18)/t12-/m1/s1. The van der Waals surface area contributed by atoms with E-state index in [1.165, 1.54) is 11.1 Å². The Morgan fingerprint density at radius 1 is 1.26 bits per heavy atom. The molecule has 0 saturated heterocycles. The van der Waals surface area contributed by atoms with Gasteiger partial charge in [-0.25, -0.2) is 8.42 Å². The summed E-state index contributed by atoms with van der Waals surface area (Å²) in [6.45, 7) is 1.89. The Labute approximate surface area is 145 Å². The Kier molecular flexibility index (Phi) is 6.26. The molecule has 0 fully saturated rings. The van der Waals surface area contributed by atoms with Crippen molar-refractivity contribution in [3.63, 3.8) is 0 Å². The van der Waals surface area contributed by atoms with E-state index in [1.807, 2.05) is 18.4 Å². The average molecular weight is 370 g/mol. The molecule has 1 amide bonds. The fourth-order valence-corrected chi connectivity index (χ4v) is 4.32. The summed E-state index contributed by atoms with van der Waals surface area (Å²) >= 11 is 3.27. The number of sulfone groups is 1. The highest BCUT2D eigenvalue weighted by molar-refractivity contribution is 7.99. The van der Waals surface area contributed by atoms with Crippen molar-refractivity contribution in [2.24, 2.45) is 0 Å². The first-order valence-corrected chi connectivity index (χ1v) is 11.0. The highest BCUT2D eigenvalue weighted by Gasteiger charge is 2.12. The minimum Gasteiger partial charge on any atom is -0.349 e. The molecule has 0 saturated carbocycles. The number of thioether (sulfide) groups is 1. The maximum Gasteiger partial charge on any atom is 0.230 e. The maximum atomic E-state index is 12.0. The molecule has 0 aliphatic heterocycles. The molecule has 0 aliphatic rings. The third kappa shape index (κ3) is 5.67. The van der Waals surface area contributed by atoms with Gasteiger partial charge in [0, 0.05) is 16.9 Å². The molecule has 2 aromatic rings. The SMILES string of the molecule is C[C@@H](NC(=O)CSCc1cccs1)c1ccc(S(C)(=O)=O)cc1. The quantitative estimate of drug-likeness (QED) is 0.814. The van der Waals surface area contributed by atoms with Crippen LogP contribution in [0.2, 0.25) is 0 Å². The van der Waals surface area contributed by atoms with E-state index in [0.717, 1.165) is 11.3 Å². The third-order valence-corrected chi connectivity index (χ3v) is 6.41. The first-order valence-electron chi connectivity index (χ1n) is 7.06. The van der Waals surface area contributed by atoms with Crippen LogP contribution < -0.4 is 5.32 Å². The van der Waals surface area contributed by atoms with Crippen LogP contribution in [0.4, 0.5) is 0 Å². The van der Waals surface area contributed by atoms with Crippen molar-refractivity contribution in [2.75, 3.05) is 12.0 Å². The monoisotopic (exact) mass is 369 g/mol. The van der Waals surface area contributed by atoms with Gasteiger partial charge in [-0.3, -0.25) is 4.79 Å². The van der Waals surface area contributed by atoms with Gasteiger partial charge in [-0.2, -0.15) is 0 Å². The zero-order chi connectivity index (χ0) is 16.9. The summed E-state index contributed by atoms with van der Waals surface area (Å²) in [4.78, 5) is 13.5. The van der Waals surface area contributed by atoms with Crippen molar-refractivity contribution >= 4 is 38.8 Å². The Morgan fingerprint density at radius 3 is 2.52 bits per heavy atom. The van der Waals surface area contributed by atoms with Crippen LogP contribution in [-0.2, 0) is 20.4 Å². The normalized spacial score (nSPS) is 12.8. The molecular weight excluding hydrogens is 350 g/mol. The molecule has 124 valence electrons. The van der Waals surface area contributed by atoms with Gasteiger partial charge in [-0.15, -0.1) is 23.1 Å². The van der Waals surface area contributed by atoms with Gasteiger partial charge >= 0.3 is 0 Å². The van der Waals surface area contributed by atoms with Gasteiger partial charge in [0.2, 0.25) is 5.91 Å². The van der Waals surface area contributed by atoms with Gasteiger partial charge in [0.05, 0.1) is 16.7 Å². The number of rotatable bonds is 7. The fraction of sp³-hybridized carbons (Fsp3) is 0.312. The molecule has 1 N–H and O–H groups in total. The second-order valence-electron chi connectivity index (χ2n) is 5.20. The summed E-state index contributed by atoms with van der Waals surface area (Å²) in [5.41, 5.74) is 0.883. The van der Waals surface area contributed by atoms with E-state index in [1.54, 1.807) is 47.4 Å². The van der Waals surface area contributed by atoms with Crippen LogP contribution in [0.15, 0.2) is 46.7 Å². The molecule has 2 rings (SSSR count). The summed E-state index contributed by atoms with van der Waals surface area (Å²) in [6, 6.07) is 10.5. The average Bonchev–Trinajstić information content (AvgIpc) is 2.99. The molecule has 0 spiro atoms. The van der Waals surface area contributed by atoms with Gasteiger partial charge < -0.3 is 5.32 Å². The molecule has 0 bridgehead atoms. The molecule has 1 heterocycles. The second-order valence-corrected chi connectivity index (χ2v) is 9.24. The van der Waals surface area contributed by atoms with Crippen molar-refractivity contribution in [1.29, 1.82) is 0 Å². The summed E-state index contributed by atoms with van der Waals surface area (Å²) < 4.78 is 22.9. The van der Waals surface area contributed by atoms with Crippen LogP contribution in [0.3, 0.4) is 0 Å². The zero-order valence-electron chi connectivity index (χ0n) is 13.0. The number of carbonyl (C=O) groups excluding carboxylic acids is 1. The maximum absolute atomic E-state index is 12.0. The van der Waals surface area contributed by atoms with Gasteiger partial charge in [0.25, 0.3) is 0 Å². The highest BCUT2D eigenvalue weighted by atomic mass is 32.2. The number of amides is 1. The molecule has 0 aliphatic carbocycles. The number of thiophene rings is 1. The minimum absolute atomic E-state index is 0.0220. The van der Waals surface area contributed by atoms with E-state index < -0.39 is 9.84 Å². The highest BCUT2D eigenvalue weighted by Crippen LogP contribution is 2.18. The number of hydrogen-bond acceptors (Lipinski definition) is 5. The summed E-state index contributed by atoms with van der Waals surface area (Å²) in [6.07, 6.45) is 1.18. The number of nitrogens with one attached hydrogen (secondary N) is 1. The van der Waals surface area contributed by atoms with Crippen LogP contribution in [-0.4, -0.2) is 26.3 Å². The van der Waals surface area contributed by atoms with Crippen LogP contribution >= 0.6 is 23.1 Å². The molecule has 1 aromatic carbocycles. The van der Waals surface area contributed by atoms with Crippen molar-refractivity contribution in [1.82, 2.24) is 5.32 Å².